The first-order chi connectivity index (χ1) is 19.1. The van der Waals surface area contributed by atoms with E-state index in [-0.39, 0.29) is 24.6 Å². The first-order valence-corrected chi connectivity index (χ1v) is 15.4. The van der Waals surface area contributed by atoms with E-state index in [1.165, 1.54) is 4.90 Å². The van der Waals surface area contributed by atoms with Crippen LogP contribution in [0.3, 0.4) is 0 Å². The predicted octanol–water partition coefficient (Wildman–Crippen LogP) is 4.67. The zero-order valence-corrected chi connectivity index (χ0v) is 24.6. The molecule has 0 saturated carbocycles. The molecule has 2 amide bonds. The number of anilines is 1. The number of amides is 2. The Morgan fingerprint density at radius 2 is 1.62 bits per heavy atom. The number of nitrogens with one attached hydrogen (secondary N) is 1. The molecule has 0 spiro atoms. The van der Waals surface area contributed by atoms with E-state index in [9.17, 15) is 18.0 Å². The maximum atomic E-state index is 14.1. The van der Waals surface area contributed by atoms with Gasteiger partial charge in [0.1, 0.15) is 18.3 Å². The fourth-order valence-corrected chi connectivity index (χ4v) is 5.35. The lowest BCUT2D eigenvalue weighted by Crippen LogP contribution is -2.53. The molecule has 0 saturated heterocycles. The number of rotatable bonds is 14. The minimum absolute atomic E-state index is 0.0567. The number of sulfonamides is 1. The first kappa shape index (κ1) is 31.0. The van der Waals surface area contributed by atoms with Gasteiger partial charge in [-0.3, -0.25) is 13.9 Å². The van der Waals surface area contributed by atoms with Crippen molar-refractivity contribution in [2.45, 2.75) is 39.3 Å². The largest absolute Gasteiger partial charge is 0.492 e. The van der Waals surface area contributed by atoms with Crippen LogP contribution in [0.4, 0.5) is 5.69 Å². The van der Waals surface area contributed by atoms with Gasteiger partial charge < -0.3 is 15.0 Å². The molecule has 0 fully saturated rings. The minimum Gasteiger partial charge on any atom is -0.492 e. The number of carbonyl (C=O) groups is 2. The highest BCUT2D eigenvalue weighted by Crippen LogP contribution is 2.30. The van der Waals surface area contributed by atoms with Crippen LogP contribution in [-0.4, -0.2) is 57.1 Å². The molecule has 40 heavy (non-hydrogen) atoms. The molecule has 0 aliphatic carbocycles. The van der Waals surface area contributed by atoms with E-state index in [2.05, 4.69) is 5.32 Å². The van der Waals surface area contributed by atoms with Crippen LogP contribution < -0.4 is 14.4 Å². The van der Waals surface area contributed by atoms with Gasteiger partial charge in [0.15, 0.2) is 0 Å². The molecule has 0 radical (unpaired) electrons. The molecule has 3 aromatic rings. The topological polar surface area (TPSA) is 96.0 Å². The lowest BCUT2D eigenvalue weighted by molar-refractivity contribution is -0.140. The van der Waals surface area contributed by atoms with Crippen LogP contribution in [0.2, 0.25) is 5.02 Å². The second-order valence-corrected chi connectivity index (χ2v) is 11.7. The lowest BCUT2D eigenvalue weighted by Gasteiger charge is -2.33. The summed E-state index contributed by atoms with van der Waals surface area (Å²) in [7, 11) is -3.90. The highest BCUT2D eigenvalue weighted by Gasteiger charge is 2.33. The summed E-state index contributed by atoms with van der Waals surface area (Å²) in [5.74, 6) is -0.517. The Labute approximate surface area is 241 Å². The normalized spacial score (nSPS) is 11.9. The van der Waals surface area contributed by atoms with Crippen molar-refractivity contribution < 1.29 is 22.7 Å². The van der Waals surface area contributed by atoms with Gasteiger partial charge in [-0.1, -0.05) is 73.1 Å². The van der Waals surface area contributed by atoms with Crippen molar-refractivity contribution in [3.63, 3.8) is 0 Å². The molecule has 1 atom stereocenters. The smallest absolute Gasteiger partial charge is 0.244 e. The van der Waals surface area contributed by atoms with Crippen molar-refractivity contribution in [2.24, 2.45) is 0 Å². The molecule has 10 heteroatoms. The van der Waals surface area contributed by atoms with Gasteiger partial charge in [0, 0.05) is 24.5 Å². The number of para-hydroxylation sites is 2. The Bertz CT molecular complexity index is 1380. The number of benzene rings is 3. The summed E-state index contributed by atoms with van der Waals surface area (Å²) in [5, 5.41) is 3.40. The van der Waals surface area contributed by atoms with E-state index >= 15 is 0 Å². The monoisotopic (exact) mass is 585 g/mol. The number of hydrogen-bond donors (Lipinski definition) is 1. The maximum Gasteiger partial charge on any atom is 0.244 e. The van der Waals surface area contributed by atoms with Gasteiger partial charge >= 0.3 is 0 Å². The molecular formula is C30H36ClN3O5S. The Morgan fingerprint density at radius 1 is 0.950 bits per heavy atom. The van der Waals surface area contributed by atoms with Crippen molar-refractivity contribution >= 4 is 39.1 Å². The van der Waals surface area contributed by atoms with E-state index in [4.69, 9.17) is 16.3 Å². The average molecular weight is 586 g/mol. The van der Waals surface area contributed by atoms with Crippen molar-refractivity contribution in [1.82, 2.24) is 10.2 Å². The van der Waals surface area contributed by atoms with Crippen LogP contribution in [0.15, 0.2) is 78.9 Å². The van der Waals surface area contributed by atoms with Crippen LogP contribution in [0.5, 0.6) is 5.75 Å². The van der Waals surface area contributed by atoms with E-state index in [1.807, 2.05) is 43.3 Å². The summed E-state index contributed by atoms with van der Waals surface area (Å²) in [4.78, 5) is 29.1. The van der Waals surface area contributed by atoms with Crippen LogP contribution in [0, 0.1) is 0 Å². The molecule has 0 aromatic heterocycles. The van der Waals surface area contributed by atoms with Crippen LogP contribution in [0.25, 0.3) is 0 Å². The molecule has 3 rings (SSSR count). The average Bonchev–Trinajstić information content (AvgIpc) is 2.93. The minimum atomic E-state index is -3.90. The Kier molecular flexibility index (Phi) is 11.4. The van der Waals surface area contributed by atoms with Gasteiger partial charge in [-0.2, -0.15) is 0 Å². The predicted molar refractivity (Wildman–Crippen MR) is 159 cm³/mol. The van der Waals surface area contributed by atoms with Gasteiger partial charge in [-0.15, -0.1) is 0 Å². The van der Waals surface area contributed by atoms with Gasteiger partial charge in [0.25, 0.3) is 0 Å². The van der Waals surface area contributed by atoms with Crippen LogP contribution >= 0.6 is 11.6 Å². The van der Waals surface area contributed by atoms with Gasteiger partial charge in [0.2, 0.25) is 21.8 Å². The molecule has 0 aliphatic heterocycles. The van der Waals surface area contributed by atoms with E-state index in [1.54, 1.807) is 49.4 Å². The first-order valence-electron chi connectivity index (χ1n) is 13.2. The number of nitrogens with zero attached hydrogens (tertiary/aromatic N) is 2. The van der Waals surface area contributed by atoms with Gasteiger partial charge in [0.05, 0.1) is 18.6 Å². The molecule has 0 heterocycles. The summed E-state index contributed by atoms with van der Waals surface area (Å²) >= 11 is 6.24. The van der Waals surface area contributed by atoms with Crippen LogP contribution in [-0.2, 0) is 32.6 Å². The number of ether oxygens (including phenoxy) is 1. The standard InChI is InChI=1S/C30H36ClN3O5S/c1-4-18-32-30(36)27(20-23-12-7-6-8-13-23)33(21-24-14-11-15-25(31)19-24)29(35)22-34(40(3,37)38)26-16-9-10-17-28(26)39-5-2/h6-17,19,27H,4-5,18,20-22H2,1-3H3,(H,32,36). The zero-order valence-electron chi connectivity index (χ0n) is 23.0. The van der Waals surface area contributed by atoms with E-state index in [0.29, 0.717) is 29.5 Å². The fraction of sp³-hybridized carbons (Fsp3) is 0.333. The number of halogens is 1. The summed E-state index contributed by atoms with van der Waals surface area (Å²) in [6, 6.07) is 22.2. The van der Waals surface area contributed by atoms with Gasteiger partial charge in [-0.25, -0.2) is 8.42 Å². The zero-order chi connectivity index (χ0) is 29.1. The van der Waals surface area contributed by atoms with Crippen LogP contribution in [0.1, 0.15) is 31.4 Å². The third kappa shape index (κ3) is 8.72. The van der Waals surface area contributed by atoms with Crippen molar-refractivity contribution in [3.8, 4) is 5.75 Å². The molecule has 214 valence electrons. The number of hydrogen-bond acceptors (Lipinski definition) is 5. The molecule has 0 aliphatic rings. The Morgan fingerprint density at radius 3 is 2.27 bits per heavy atom. The highest BCUT2D eigenvalue weighted by molar-refractivity contribution is 7.92. The van der Waals surface area contributed by atoms with Gasteiger partial charge in [-0.05, 0) is 48.7 Å². The molecule has 3 aromatic carbocycles. The SMILES string of the molecule is CCCNC(=O)C(Cc1ccccc1)N(Cc1cccc(Cl)c1)C(=O)CN(c1ccccc1OCC)S(C)(=O)=O. The Hall–Kier alpha value is -3.56. The third-order valence-electron chi connectivity index (χ3n) is 6.18. The number of carbonyl (C=O) groups excluding carboxylic acids is 2. The lowest BCUT2D eigenvalue weighted by atomic mass is 10.0. The summed E-state index contributed by atoms with van der Waals surface area (Å²) < 4.78 is 32.7. The molecule has 8 nitrogen and oxygen atoms in total. The van der Waals surface area contributed by atoms with Crippen molar-refractivity contribution in [3.05, 3.63) is 95.0 Å². The maximum absolute atomic E-state index is 14.1. The molecular weight excluding hydrogens is 550 g/mol. The second-order valence-electron chi connectivity index (χ2n) is 9.32. The highest BCUT2D eigenvalue weighted by atomic mass is 35.5. The second kappa shape index (κ2) is 14.7. The van der Waals surface area contributed by atoms with E-state index in [0.717, 1.165) is 22.5 Å². The summed E-state index contributed by atoms with van der Waals surface area (Å²) in [6.07, 6.45) is 2.01. The summed E-state index contributed by atoms with van der Waals surface area (Å²) in [5.41, 5.74) is 1.82. The van der Waals surface area contributed by atoms with Crippen molar-refractivity contribution in [1.29, 1.82) is 0 Å². The molecule has 1 N–H and O–H groups in total. The Balaban J connectivity index is 2.07. The van der Waals surface area contributed by atoms with E-state index < -0.39 is 28.5 Å². The van der Waals surface area contributed by atoms with Crippen molar-refractivity contribution in [2.75, 3.05) is 30.3 Å². The molecule has 1 unspecified atom stereocenters. The quantitative estimate of drug-likeness (QED) is 0.297. The molecule has 0 bridgehead atoms. The summed E-state index contributed by atoms with van der Waals surface area (Å²) in [6.45, 7) is 4.04. The fourth-order valence-electron chi connectivity index (χ4n) is 4.29. The third-order valence-corrected chi connectivity index (χ3v) is 7.54.